The molecule has 0 aliphatic carbocycles. The van der Waals surface area contributed by atoms with E-state index in [0.717, 1.165) is 29.2 Å². The minimum Gasteiger partial charge on any atom is -0.497 e. The third kappa shape index (κ3) is 3.14. The molecule has 14 heavy (non-hydrogen) atoms. The van der Waals surface area contributed by atoms with E-state index < -0.39 is 10.8 Å². The van der Waals surface area contributed by atoms with E-state index in [-0.39, 0.29) is 0 Å². The summed E-state index contributed by atoms with van der Waals surface area (Å²) in [6, 6.07) is 7.42. The number of methoxy groups -OCH3 is 1. The maximum absolute atomic E-state index is 11.7. The molecular weight excluding hydrogens is 196 g/mol. The Bertz CT molecular complexity index is 293. The Morgan fingerprint density at radius 1 is 1.29 bits per heavy atom. The third-order valence-electron chi connectivity index (χ3n) is 2.01. The highest BCUT2D eigenvalue weighted by Crippen LogP contribution is 2.14. The molecule has 0 aliphatic rings. The molecule has 0 heterocycles. The molecule has 0 saturated carbocycles. The maximum Gasteiger partial charge on any atom is 0.118 e. The quantitative estimate of drug-likeness (QED) is 0.750. The van der Waals surface area contributed by atoms with Crippen LogP contribution >= 0.6 is 0 Å². The van der Waals surface area contributed by atoms with E-state index in [1.165, 1.54) is 0 Å². The van der Waals surface area contributed by atoms with Crippen LogP contribution in [-0.4, -0.2) is 17.1 Å². The molecule has 0 spiro atoms. The number of hydrogen-bond donors (Lipinski definition) is 0. The lowest BCUT2D eigenvalue weighted by Crippen LogP contribution is -1.97. The van der Waals surface area contributed by atoms with Gasteiger partial charge in [0.05, 0.1) is 17.9 Å². The van der Waals surface area contributed by atoms with E-state index >= 15 is 0 Å². The largest absolute Gasteiger partial charge is 0.497 e. The van der Waals surface area contributed by atoms with Gasteiger partial charge in [0.2, 0.25) is 0 Å². The summed E-state index contributed by atoms with van der Waals surface area (Å²) in [6.07, 6.45) is 2.10. The van der Waals surface area contributed by atoms with Crippen LogP contribution in [0, 0.1) is 0 Å². The van der Waals surface area contributed by atoms with E-state index in [4.69, 9.17) is 4.74 Å². The summed E-state index contributed by atoms with van der Waals surface area (Å²) < 4.78 is 16.7. The summed E-state index contributed by atoms with van der Waals surface area (Å²) in [6.45, 7) is 2.10. The Balaban J connectivity index is 2.62. The average molecular weight is 212 g/mol. The molecule has 1 aromatic carbocycles. The highest BCUT2D eigenvalue weighted by atomic mass is 32.2. The number of rotatable bonds is 5. The number of ether oxygens (including phenoxy) is 1. The Labute approximate surface area is 87.7 Å². The monoisotopic (exact) mass is 212 g/mol. The van der Waals surface area contributed by atoms with Crippen molar-refractivity contribution >= 4 is 10.8 Å². The minimum atomic E-state index is -0.849. The van der Waals surface area contributed by atoms with Gasteiger partial charge in [0.25, 0.3) is 0 Å². The molecule has 0 aliphatic heterocycles. The number of benzene rings is 1. The second kappa shape index (κ2) is 5.81. The summed E-state index contributed by atoms with van der Waals surface area (Å²) in [5.41, 5.74) is 0. The van der Waals surface area contributed by atoms with Crippen LogP contribution in [0.2, 0.25) is 0 Å². The van der Waals surface area contributed by atoms with Crippen molar-refractivity contribution in [1.29, 1.82) is 0 Å². The van der Waals surface area contributed by atoms with Crippen LogP contribution in [-0.2, 0) is 10.8 Å². The van der Waals surface area contributed by atoms with Gasteiger partial charge < -0.3 is 4.74 Å². The van der Waals surface area contributed by atoms with Gasteiger partial charge >= 0.3 is 0 Å². The molecule has 3 heteroatoms. The molecule has 0 aromatic heterocycles. The predicted octanol–water partition coefficient (Wildman–Crippen LogP) is 2.60. The highest BCUT2D eigenvalue weighted by Gasteiger charge is 2.02. The van der Waals surface area contributed by atoms with Crippen LogP contribution in [0.3, 0.4) is 0 Å². The Hall–Kier alpha value is -0.830. The summed E-state index contributed by atoms with van der Waals surface area (Å²) >= 11 is 0. The lowest BCUT2D eigenvalue weighted by molar-refractivity contribution is 0.414. The molecule has 78 valence electrons. The van der Waals surface area contributed by atoms with Crippen molar-refractivity contribution in [2.75, 3.05) is 12.9 Å². The minimum absolute atomic E-state index is 0.753. The van der Waals surface area contributed by atoms with Gasteiger partial charge in [-0.25, -0.2) is 0 Å². The summed E-state index contributed by atoms with van der Waals surface area (Å²) in [5.74, 6) is 1.56. The van der Waals surface area contributed by atoms with Crippen LogP contribution in [0.5, 0.6) is 5.75 Å². The molecular formula is C11H16O2S. The smallest absolute Gasteiger partial charge is 0.118 e. The molecule has 0 fully saturated rings. The molecule has 1 unspecified atom stereocenters. The number of hydrogen-bond acceptors (Lipinski definition) is 2. The molecule has 1 aromatic rings. The molecule has 0 saturated heterocycles. The fraction of sp³-hybridized carbons (Fsp3) is 0.455. The molecule has 0 amide bonds. The van der Waals surface area contributed by atoms with Crippen LogP contribution in [0.25, 0.3) is 0 Å². The van der Waals surface area contributed by atoms with E-state index in [0.29, 0.717) is 0 Å². The molecule has 1 rings (SSSR count). The van der Waals surface area contributed by atoms with Gasteiger partial charge in [-0.3, -0.25) is 4.21 Å². The van der Waals surface area contributed by atoms with E-state index in [1.54, 1.807) is 7.11 Å². The summed E-state index contributed by atoms with van der Waals surface area (Å²) in [7, 11) is 0.779. The first-order chi connectivity index (χ1) is 6.77. The first kappa shape index (κ1) is 11.2. The van der Waals surface area contributed by atoms with Crippen LogP contribution < -0.4 is 4.74 Å². The van der Waals surface area contributed by atoms with Crippen molar-refractivity contribution < 1.29 is 8.95 Å². The third-order valence-corrected chi connectivity index (χ3v) is 3.46. The zero-order chi connectivity index (χ0) is 10.4. The van der Waals surface area contributed by atoms with Gasteiger partial charge in [0, 0.05) is 10.6 Å². The van der Waals surface area contributed by atoms with Gasteiger partial charge in [-0.2, -0.15) is 0 Å². The molecule has 2 nitrogen and oxygen atoms in total. The van der Waals surface area contributed by atoms with Gasteiger partial charge in [-0.15, -0.1) is 0 Å². The molecule has 0 N–H and O–H groups in total. The zero-order valence-corrected chi connectivity index (χ0v) is 9.47. The second-order valence-corrected chi connectivity index (χ2v) is 4.65. The van der Waals surface area contributed by atoms with E-state index in [9.17, 15) is 4.21 Å². The lowest BCUT2D eigenvalue weighted by atomic mass is 10.3. The fourth-order valence-corrected chi connectivity index (χ4v) is 2.35. The normalized spacial score (nSPS) is 12.4. The number of unbranched alkanes of at least 4 members (excludes halogenated alkanes) is 1. The lowest BCUT2D eigenvalue weighted by Gasteiger charge is -2.02. The van der Waals surface area contributed by atoms with Crippen molar-refractivity contribution in [3.63, 3.8) is 0 Å². The first-order valence-corrected chi connectivity index (χ1v) is 6.12. The maximum atomic E-state index is 11.7. The predicted molar refractivity (Wildman–Crippen MR) is 59.2 cm³/mol. The second-order valence-electron chi connectivity index (χ2n) is 3.08. The van der Waals surface area contributed by atoms with Gasteiger partial charge in [-0.1, -0.05) is 13.3 Å². The van der Waals surface area contributed by atoms with Gasteiger partial charge in [0.1, 0.15) is 5.75 Å². The Kier molecular flexibility index (Phi) is 4.66. The topological polar surface area (TPSA) is 26.3 Å². The van der Waals surface area contributed by atoms with Crippen molar-refractivity contribution in [3.8, 4) is 5.75 Å². The van der Waals surface area contributed by atoms with Crippen molar-refractivity contribution in [2.24, 2.45) is 0 Å². The van der Waals surface area contributed by atoms with Gasteiger partial charge in [-0.05, 0) is 30.7 Å². The highest BCUT2D eigenvalue weighted by molar-refractivity contribution is 7.85. The van der Waals surface area contributed by atoms with Crippen LogP contribution in [0.4, 0.5) is 0 Å². The Morgan fingerprint density at radius 3 is 2.43 bits per heavy atom. The molecule has 1 atom stereocenters. The van der Waals surface area contributed by atoms with Crippen LogP contribution in [0.15, 0.2) is 29.2 Å². The molecule has 0 bridgehead atoms. The van der Waals surface area contributed by atoms with Crippen molar-refractivity contribution in [3.05, 3.63) is 24.3 Å². The SMILES string of the molecule is CCCCS(=O)c1ccc(OC)cc1. The van der Waals surface area contributed by atoms with Crippen molar-refractivity contribution in [1.82, 2.24) is 0 Å². The van der Waals surface area contributed by atoms with Crippen molar-refractivity contribution in [2.45, 2.75) is 24.7 Å². The average Bonchev–Trinajstić information content (AvgIpc) is 2.26. The summed E-state index contributed by atoms with van der Waals surface area (Å²) in [4.78, 5) is 0.888. The van der Waals surface area contributed by atoms with Gasteiger partial charge in [0.15, 0.2) is 0 Å². The van der Waals surface area contributed by atoms with Crippen LogP contribution in [0.1, 0.15) is 19.8 Å². The summed E-state index contributed by atoms with van der Waals surface area (Å²) in [5, 5.41) is 0. The fourth-order valence-electron chi connectivity index (χ4n) is 1.12. The Morgan fingerprint density at radius 2 is 1.93 bits per heavy atom. The van der Waals surface area contributed by atoms with E-state index in [2.05, 4.69) is 6.92 Å². The standard InChI is InChI=1S/C11H16O2S/c1-3-4-9-14(12)11-7-5-10(13-2)6-8-11/h5-8H,3-4,9H2,1-2H3. The molecule has 0 radical (unpaired) electrons. The first-order valence-electron chi connectivity index (χ1n) is 4.80. The van der Waals surface area contributed by atoms with E-state index in [1.807, 2.05) is 24.3 Å². The zero-order valence-electron chi connectivity index (χ0n) is 8.66.